The van der Waals surface area contributed by atoms with Gasteiger partial charge in [-0.05, 0) is 18.2 Å². The van der Waals surface area contributed by atoms with E-state index in [1.807, 2.05) is 0 Å². The molecule has 0 bridgehead atoms. The molecule has 0 heterocycles. The highest BCUT2D eigenvalue weighted by atomic mass is 35.5. The van der Waals surface area contributed by atoms with E-state index in [9.17, 15) is 10.1 Å². The van der Waals surface area contributed by atoms with Crippen LogP contribution >= 0.6 is 23.2 Å². The van der Waals surface area contributed by atoms with Gasteiger partial charge in [0.15, 0.2) is 0 Å². The zero-order valence-electron chi connectivity index (χ0n) is 10.7. The van der Waals surface area contributed by atoms with Crippen LogP contribution in [0.2, 0.25) is 10.0 Å². The van der Waals surface area contributed by atoms with Crippen LogP contribution in [0.25, 0.3) is 0 Å². The van der Waals surface area contributed by atoms with Gasteiger partial charge in [-0.15, -0.1) is 0 Å². The number of nitro groups is 1. The van der Waals surface area contributed by atoms with E-state index < -0.39 is 4.92 Å². The van der Waals surface area contributed by atoms with E-state index in [1.54, 1.807) is 30.3 Å². The van der Waals surface area contributed by atoms with Crippen LogP contribution in [0.3, 0.4) is 0 Å². The quantitative estimate of drug-likeness (QED) is 0.495. The van der Waals surface area contributed by atoms with Crippen molar-refractivity contribution in [1.29, 1.82) is 0 Å². The van der Waals surface area contributed by atoms with Crippen LogP contribution in [0.15, 0.2) is 36.4 Å². The molecule has 6 nitrogen and oxygen atoms in total. The van der Waals surface area contributed by atoms with Crippen molar-refractivity contribution in [1.82, 2.24) is 0 Å². The number of ether oxygens (including phenoxy) is 1. The number of nitrogen functional groups attached to an aromatic ring is 1. The third kappa shape index (κ3) is 3.75. The van der Waals surface area contributed by atoms with Gasteiger partial charge in [-0.3, -0.25) is 16.0 Å². The van der Waals surface area contributed by atoms with Gasteiger partial charge in [-0.1, -0.05) is 35.3 Å². The Morgan fingerprint density at radius 3 is 2.48 bits per heavy atom. The van der Waals surface area contributed by atoms with Crippen molar-refractivity contribution < 1.29 is 9.66 Å². The van der Waals surface area contributed by atoms with Gasteiger partial charge < -0.3 is 10.2 Å². The van der Waals surface area contributed by atoms with Crippen LogP contribution in [0, 0.1) is 10.1 Å². The maximum absolute atomic E-state index is 10.9. The smallest absolute Gasteiger partial charge is 0.294 e. The van der Waals surface area contributed by atoms with Gasteiger partial charge in [-0.25, -0.2) is 0 Å². The topological polar surface area (TPSA) is 90.4 Å². The number of nitrogens with zero attached hydrogens (tertiary/aromatic N) is 1. The molecule has 2 aromatic rings. The van der Waals surface area contributed by atoms with E-state index in [0.29, 0.717) is 21.4 Å². The Balaban J connectivity index is 2.23. The van der Waals surface area contributed by atoms with Crippen LogP contribution in [-0.4, -0.2) is 4.92 Å². The largest absolute Gasteiger partial charge is 0.489 e. The van der Waals surface area contributed by atoms with E-state index >= 15 is 0 Å². The monoisotopic (exact) mass is 327 g/mol. The zero-order chi connectivity index (χ0) is 15.4. The van der Waals surface area contributed by atoms with Crippen molar-refractivity contribution in [2.45, 2.75) is 6.61 Å². The van der Waals surface area contributed by atoms with E-state index in [4.69, 9.17) is 33.8 Å². The normalized spacial score (nSPS) is 10.2. The minimum atomic E-state index is -0.519. The molecule has 8 heteroatoms. The summed E-state index contributed by atoms with van der Waals surface area (Å²) in [6.45, 7) is 0.0812. The number of nitro benzene ring substituents is 1. The molecule has 110 valence electrons. The lowest BCUT2D eigenvalue weighted by Gasteiger charge is -2.11. The Bertz CT molecular complexity index is 659. The highest BCUT2D eigenvalue weighted by Gasteiger charge is 2.16. The fourth-order valence-corrected chi connectivity index (χ4v) is 2.30. The highest BCUT2D eigenvalue weighted by molar-refractivity contribution is 6.34. The molecule has 2 rings (SSSR count). The van der Waals surface area contributed by atoms with Crippen molar-refractivity contribution in [3.63, 3.8) is 0 Å². The lowest BCUT2D eigenvalue weighted by molar-refractivity contribution is -0.384. The van der Waals surface area contributed by atoms with Crippen molar-refractivity contribution in [3.8, 4) is 5.75 Å². The predicted molar refractivity (Wildman–Crippen MR) is 81.7 cm³/mol. The summed E-state index contributed by atoms with van der Waals surface area (Å²) in [5.41, 5.74) is 2.96. The third-order valence-electron chi connectivity index (χ3n) is 2.70. The number of hydrogen-bond donors (Lipinski definition) is 2. The molecule has 0 amide bonds. The summed E-state index contributed by atoms with van der Waals surface area (Å²) in [5.74, 6) is 5.81. The number of benzene rings is 2. The summed E-state index contributed by atoms with van der Waals surface area (Å²) < 4.78 is 5.54. The summed E-state index contributed by atoms with van der Waals surface area (Å²) in [6, 6.07) is 9.36. The second-order valence-corrected chi connectivity index (χ2v) is 4.98. The molecule has 0 saturated heterocycles. The maximum Gasteiger partial charge on any atom is 0.294 e. The fraction of sp³-hybridized carbons (Fsp3) is 0.0769. The Kier molecular flexibility index (Phi) is 4.85. The van der Waals surface area contributed by atoms with Crippen molar-refractivity contribution in [3.05, 3.63) is 62.1 Å². The minimum Gasteiger partial charge on any atom is -0.489 e. The van der Waals surface area contributed by atoms with Crippen LogP contribution in [-0.2, 0) is 6.61 Å². The van der Waals surface area contributed by atoms with E-state index in [2.05, 4.69) is 5.43 Å². The number of rotatable bonds is 5. The SMILES string of the molecule is NNc1c(COc2cc(Cl)cc(Cl)c2)cccc1[N+](=O)[O-]. The first-order valence-corrected chi connectivity index (χ1v) is 6.58. The molecule has 0 radical (unpaired) electrons. The first kappa shape index (κ1) is 15.4. The van der Waals surface area contributed by atoms with Crippen molar-refractivity contribution in [2.75, 3.05) is 5.43 Å². The highest BCUT2D eigenvalue weighted by Crippen LogP contribution is 2.29. The molecule has 0 unspecified atom stereocenters. The van der Waals surface area contributed by atoms with Gasteiger partial charge in [0.2, 0.25) is 0 Å². The average molecular weight is 328 g/mol. The summed E-state index contributed by atoms with van der Waals surface area (Å²) in [5, 5.41) is 11.8. The molecule has 0 fully saturated rings. The van der Waals surface area contributed by atoms with Crippen LogP contribution in [0.1, 0.15) is 5.56 Å². The molecule has 0 spiro atoms. The number of nitrogens with one attached hydrogen (secondary N) is 1. The van der Waals surface area contributed by atoms with Gasteiger partial charge in [-0.2, -0.15) is 0 Å². The van der Waals surface area contributed by atoms with Crippen molar-refractivity contribution in [2.24, 2.45) is 5.84 Å². The molecule has 2 aromatic carbocycles. The second kappa shape index (κ2) is 6.62. The van der Waals surface area contributed by atoms with Gasteiger partial charge in [0.25, 0.3) is 5.69 Å². The van der Waals surface area contributed by atoms with Gasteiger partial charge in [0.1, 0.15) is 18.0 Å². The molecule has 21 heavy (non-hydrogen) atoms. The van der Waals surface area contributed by atoms with E-state index in [0.717, 1.165) is 0 Å². The van der Waals surface area contributed by atoms with Crippen LogP contribution in [0.5, 0.6) is 5.75 Å². The van der Waals surface area contributed by atoms with E-state index in [1.165, 1.54) is 6.07 Å². The number of hydrazine groups is 1. The molecule has 0 saturated carbocycles. The first-order chi connectivity index (χ1) is 10.0. The molecular weight excluding hydrogens is 317 g/mol. The Morgan fingerprint density at radius 1 is 1.24 bits per heavy atom. The second-order valence-electron chi connectivity index (χ2n) is 4.11. The number of halogens is 2. The van der Waals surface area contributed by atoms with Gasteiger partial charge >= 0.3 is 0 Å². The maximum atomic E-state index is 10.9. The Morgan fingerprint density at radius 2 is 1.90 bits per heavy atom. The average Bonchev–Trinajstić information content (AvgIpc) is 2.43. The molecule has 0 aliphatic rings. The summed E-state index contributed by atoms with van der Waals surface area (Å²) in [6.07, 6.45) is 0. The van der Waals surface area contributed by atoms with Gasteiger partial charge in [0.05, 0.1) is 4.92 Å². The predicted octanol–water partition coefficient (Wildman–Crippen LogP) is 3.77. The van der Waals surface area contributed by atoms with Gasteiger partial charge in [0, 0.05) is 21.7 Å². The van der Waals surface area contributed by atoms with Crippen LogP contribution in [0.4, 0.5) is 11.4 Å². The summed E-state index contributed by atoms with van der Waals surface area (Å²) in [4.78, 5) is 10.4. The first-order valence-electron chi connectivity index (χ1n) is 5.83. The molecule has 0 aliphatic carbocycles. The number of hydrogen-bond acceptors (Lipinski definition) is 5. The van der Waals surface area contributed by atoms with Crippen LogP contribution < -0.4 is 16.0 Å². The molecule has 3 N–H and O–H groups in total. The standard InChI is InChI=1S/C13H11Cl2N3O3/c14-9-4-10(15)6-11(5-9)21-7-8-2-1-3-12(18(19)20)13(8)17-16/h1-6,17H,7,16H2. The number of nitrogens with two attached hydrogens (primary N) is 1. The summed E-state index contributed by atoms with van der Waals surface area (Å²) >= 11 is 11.7. The lowest BCUT2D eigenvalue weighted by Crippen LogP contribution is -2.12. The molecule has 0 aliphatic heterocycles. The third-order valence-corrected chi connectivity index (χ3v) is 3.14. The van der Waals surface area contributed by atoms with E-state index in [-0.39, 0.29) is 18.0 Å². The molecule has 0 atom stereocenters. The Hall–Kier alpha value is -2.02. The fourth-order valence-electron chi connectivity index (χ4n) is 1.80. The van der Waals surface area contributed by atoms with Crippen molar-refractivity contribution >= 4 is 34.6 Å². The number of para-hydroxylation sites is 1. The lowest BCUT2D eigenvalue weighted by atomic mass is 10.1. The molecular formula is C13H11Cl2N3O3. The number of anilines is 1. The Labute approximate surface area is 130 Å². The zero-order valence-corrected chi connectivity index (χ0v) is 12.2. The minimum absolute atomic E-state index is 0.0812. The summed E-state index contributed by atoms with van der Waals surface area (Å²) in [7, 11) is 0. The molecule has 0 aromatic heterocycles.